The van der Waals surface area contributed by atoms with Crippen molar-refractivity contribution in [1.82, 2.24) is 9.97 Å². The van der Waals surface area contributed by atoms with Crippen LogP contribution in [0.5, 0.6) is 5.75 Å². The van der Waals surface area contributed by atoms with Gasteiger partial charge < -0.3 is 14.5 Å². The van der Waals surface area contributed by atoms with Gasteiger partial charge in [-0.1, -0.05) is 12.1 Å². The maximum Gasteiger partial charge on any atom is 0.573 e. The molecular weight excluding hydrogens is 365 g/mol. The summed E-state index contributed by atoms with van der Waals surface area (Å²) in [5.74, 6) is -1.08. The van der Waals surface area contributed by atoms with E-state index < -0.39 is 24.2 Å². The van der Waals surface area contributed by atoms with Gasteiger partial charge >= 0.3 is 12.3 Å². The fourth-order valence-electron chi connectivity index (χ4n) is 2.37. The lowest BCUT2D eigenvalue weighted by atomic mass is 10.2. The number of rotatable bonds is 4. The number of fused-ring (bicyclic) bond motifs is 1. The van der Waals surface area contributed by atoms with Gasteiger partial charge in [-0.05, 0) is 43.3 Å². The first-order chi connectivity index (χ1) is 12.7. The van der Waals surface area contributed by atoms with Crippen LogP contribution in [0.4, 0.5) is 13.2 Å². The molecule has 0 aliphatic heterocycles. The number of ether oxygens (including phenoxy) is 2. The monoisotopic (exact) mass is 378 g/mol. The minimum absolute atomic E-state index is 0.0273. The Bertz CT molecular complexity index is 1030. The van der Waals surface area contributed by atoms with Crippen LogP contribution in [0.1, 0.15) is 29.2 Å². The number of hydrogen-bond donors (Lipinski definition) is 1. The molecule has 3 rings (SSSR count). The van der Waals surface area contributed by atoms with E-state index in [4.69, 9.17) is 4.74 Å². The molecule has 0 aliphatic rings. The lowest BCUT2D eigenvalue weighted by Crippen LogP contribution is -2.18. The molecule has 1 heterocycles. The summed E-state index contributed by atoms with van der Waals surface area (Å²) in [5, 5.41) is 0.403. The van der Waals surface area contributed by atoms with Gasteiger partial charge in [0.15, 0.2) is 11.9 Å². The van der Waals surface area contributed by atoms with Crippen molar-refractivity contribution in [3.8, 4) is 5.75 Å². The number of esters is 1. The maximum atomic E-state index is 12.2. The highest BCUT2D eigenvalue weighted by atomic mass is 19.4. The number of aromatic nitrogens is 2. The molecule has 1 unspecified atom stereocenters. The van der Waals surface area contributed by atoms with Gasteiger partial charge in [0.1, 0.15) is 5.75 Å². The van der Waals surface area contributed by atoms with E-state index in [0.29, 0.717) is 10.9 Å². The third-order valence-electron chi connectivity index (χ3n) is 3.62. The molecule has 0 saturated heterocycles. The van der Waals surface area contributed by atoms with Crippen molar-refractivity contribution < 1.29 is 27.4 Å². The van der Waals surface area contributed by atoms with Gasteiger partial charge in [-0.25, -0.2) is 9.78 Å². The molecule has 1 atom stereocenters. The minimum atomic E-state index is -4.82. The minimum Gasteiger partial charge on any atom is -0.451 e. The van der Waals surface area contributed by atoms with Crippen LogP contribution in [-0.4, -0.2) is 22.3 Å². The lowest BCUT2D eigenvalue weighted by Gasteiger charge is -2.13. The van der Waals surface area contributed by atoms with Crippen LogP contribution in [0.3, 0.4) is 0 Å². The number of carbonyl (C=O) groups is 1. The van der Waals surface area contributed by atoms with E-state index in [1.54, 1.807) is 24.3 Å². The zero-order valence-electron chi connectivity index (χ0n) is 13.9. The fourth-order valence-corrected chi connectivity index (χ4v) is 2.37. The van der Waals surface area contributed by atoms with Crippen LogP contribution in [0, 0.1) is 0 Å². The van der Waals surface area contributed by atoms with E-state index in [0.717, 1.165) is 24.3 Å². The predicted octanol–water partition coefficient (Wildman–Crippen LogP) is 3.74. The van der Waals surface area contributed by atoms with Crippen LogP contribution >= 0.6 is 0 Å². The Morgan fingerprint density at radius 2 is 1.78 bits per heavy atom. The SMILES string of the molecule is CC(OC(=O)c1ccc(OC(F)(F)F)cc1)c1nc2ccccc2c(=O)[nH]1. The smallest absolute Gasteiger partial charge is 0.451 e. The number of aromatic amines is 1. The second-order valence-electron chi connectivity index (χ2n) is 5.59. The number of carbonyl (C=O) groups excluding carboxylic acids is 1. The van der Waals surface area contributed by atoms with E-state index >= 15 is 0 Å². The first kappa shape index (κ1) is 18.4. The topological polar surface area (TPSA) is 81.3 Å². The molecule has 6 nitrogen and oxygen atoms in total. The Kier molecular flexibility index (Phi) is 4.85. The third-order valence-corrected chi connectivity index (χ3v) is 3.62. The summed E-state index contributed by atoms with van der Waals surface area (Å²) in [6, 6.07) is 11.0. The van der Waals surface area contributed by atoms with Gasteiger partial charge in [0.25, 0.3) is 5.56 Å². The van der Waals surface area contributed by atoms with Gasteiger partial charge in [-0.3, -0.25) is 4.79 Å². The average molecular weight is 378 g/mol. The molecule has 0 spiro atoms. The Labute approximate surface area is 150 Å². The molecule has 0 fully saturated rings. The van der Waals surface area contributed by atoms with Crippen molar-refractivity contribution in [3.63, 3.8) is 0 Å². The van der Waals surface area contributed by atoms with Crippen LogP contribution in [-0.2, 0) is 4.74 Å². The molecular formula is C18H13F3N2O4. The predicted molar refractivity (Wildman–Crippen MR) is 89.3 cm³/mol. The van der Waals surface area contributed by atoms with E-state index in [2.05, 4.69) is 14.7 Å². The summed E-state index contributed by atoms with van der Waals surface area (Å²) in [7, 11) is 0. The standard InChI is InChI=1S/C18H13F3N2O4/c1-10(15-22-14-5-3-2-4-13(14)16(24)23-15)26-17(25)11-6-8-12(9-7-11)27-18(19,20)21/h2-10H,1H3,(H,22,23,24). The Hall–Kier alpha value is -3.36. The summed E-state index contributed by atoms with van der Waals surface area (Å²) < 4.78 is 45.4. The van der Waals surface area contributed by atoms with Crippen LogP contribution < -0.4 is 10.3 Å². The maximum absolute atomic E-state index is 12.2. The number of halogens is 3. The molecule has 0 aliphatic carbocycles. The number of alkyl halides is 3. The first-order valence-electron chi connectivity index (χ1n) is 7.79. The van der Waals surface area contributed by atoms with E-state index in [9.17, 15) is 22.8 Å². The lowest BCUT2D eigenvalue weighted by molar-refractivity contribution is -0.274. The molecule has 2 aromatic carbocycles. The highest BCUT2D eigenvalue weighted by Gasteiger charge is 2.31. The molecule has 0 radical (unpaired) electrons. The summed E-state index contributed by atoms with van der Waals surface area (Å²) in [5.41, 5.74) is 0.111. The molecule has 27 heavy (non-hydrogen) atoms. The Balaban J connectivity index is 1.75. The fraction of sp³-hybridized carbons (Fsp3) is 0.167. The van der Waals surface area contributed by atoms with Crippen molar-refractivity contribution in [2.45, 2.75) is 19.4 Å². The van der Waals surface area contributed by atoms with Gasteiger partial charge in [0, 0.05) is 0 Å². The zero-order chi connectivity index (χ0) is 19.6. The van der Waals surface area contributed by atoms with Crippen molar-refractivity contribution in [1.29, 1.82) is 0 Å². The molecule has 0 amide bonds. The first-order valence-corrected chi connectivity index (χ1v) is 7.79. The van der Waals surface area contributed by atoms with E-state index in [1.807, 2.05) is 0 Å². The molecule has 3 aromatic rings. The zero-order valence-corrected chi connectivity index (χ0v) is 13.9. The molecule has 0 saturated carbocycles. The average Bonchev–Trinajstić information content (AvgIpc) is 2.61. The van der Waals surface area contributed by atoms with Crippen LogP contribution in [0.25, 0.3) is 10.9 Å². The number of nitrogens with zero attached hydrogens (tertiary/aromatic N) is 1. The third kappa shape index (κ3) is 4.43. The molecule has 1 N–H and O–H groups in total. The normalized spacial score (nSPS) is 12.6. The van der Waals surface area contributed by atoms with Gasteiger partial charge in [0.05, 0.1) is 16.5 Å². The summed E-state index contributed by atoms with van der Waals surface area (Å²) in [4.78, 5) is 31.1. The quantitative estimate of drug-likeness (QED) is 0.700. The van der Waals surface area contributed by atoms with Crippen molar-refractivity contribution in [3.05, 3.63) is 70.3 Å². The number of hydrogen-bond acceptors (Lipinski definition) is 5. The summed E-state index contributed by atoms with van der Waals surface area (Å²) in [6.45, 7) is 1.52. The van der Waals surface area contributed by atoms with Crippen molar-refractivity contribution in [2.75, 3.05) is 0 Å². The second kappa shape index (κ2) is 7.10. The van der Waals surface area contributed by atoms with Gasteiger partial charge in [-0.2, -0.15) is 0 Å². The van der Waals surface area contributed by atoms with E-state index in [-0.39, 0.29) is 16.9 Å². The number of para-hydroxylation sites is 1. The number of benzene rings is 2. The largest absolute Gasteiger partial charge is 0.573 e. The van der Waals surface area contributed by atoms with Crippen molar-refractivity contribution >= 4 is 16.9 Å². The van der Waals surface area contributed by atoms with Crippen molar-refractivity contribution in [2.24, 2.45) is 0 Å². The van der Waals surface area contributed by atoms with Crippen LogP contribution in [0.2, 0.25) is 0 Å². The number of H-pyrrole nitrogens is 1. The second-order valence-corrected chi connectivity index (χ2v) is 5.59. The Morgan fingerprint density at radius 3 is 2.44 bits per heavy atom. The number of nitrogens with one attached hydrogen (secondary N) is 1. The highest BCUT2D eigenvalue weighted by Crippen LogP contribution is 2.23. The van der Waals surface area contributed by atoms with Crippen LogP contribution in [0.15, 0.2) is 53.3 Å². The van der Waals surface area contributed by atoms with Gasteiger partial charge in [0.2, 0.25) is 0 Å². The molecule has 0 bridgehead atoms. The molecule has 140 valence electrons. The van der Waals surface area contributed by atoms with Gasteiger partial charge in [-0.15, -0.1) is 13.2 Å². The summed E-state index contributed by atoms with van der Waals surface area (Å²) >= 11 is 0. The highest BCUT2D eigenvalue weighted by molar-refractivity contribution is 5.89. The summed E-state index contributed by atoms with van der Waals surface area (Å²) in [6.07, 6.45) is -5.69. The molecule has 1 aromatic heterocycles. The molecule has 9 heteroatoms. The van der Waals surface area contributed by atoms with E-state index in [1.165, 1.54) is 6.92 Å². The Morgan fingerprint density at radius 1 is 1.11 bits per heavy atom.